The minimum absolute atomic E-state index is 0.122. The van der Waals surface area contributed by atoms with E-state index in [-0.39, 0.29) is 24.1 Å². The van der Waals surface area contributed by atoms with Gasteiger partial charge in [0.05, 0.1) is 0 Å². The van der Waals surface area contributed by atoms with Gasteiger partial charge in [0.2, 0.25) is 5.91 Å². The summed E-state index contributed by atoms with van der Waals surface area (Å²) in [4.78, 5) is 23.3. The highest BCUT2D eigenvalue weighted by atomic mass is 19.1. The number of carbonyl (C=O) groups excluding carboxylic acids is 1. The molecule has 0 radical (unpaired) electrons. The molecule has 0 spiro atoms. The lowest BCUT2D eigenvalue weighted by atomic mass is 9.87. The number of hydrogen-bond acceptors (Lipinski definition) is 2. The first kappa shape index (κ1) is 13.8. The third-order valence-electron chi connectivity index (χ3n) is 3.64. The Bertz CT molecular complexity index is 504. The van der Waals surface area contributed by atoms with E-state index in [0.29, 0.717) is 0 Å². The second kappa shape index (κ2) is 5.99. The first-order chi connectivity index (χ1) is 9.04. The van der Waals surface area contributed by atoms with Crippen LogP contribution in [0.1, 0.15) is 32.6 Å². The highest BCUT2D eigenvalue weighted by molar-refractivity contribution is 5.76. The summed E-state index contributed by atoms with van der Waals surface area (Å²) in [6.07, 6.45) is 5.25. The highest BCUT2D eigenvalue weighted by Crippen LogP contribution is 2.23. The Kier molecular flexibility index (Phi) is 4.35. The fourth-order valence-electron chi connectivity index (χ4n) is 2.46. The molecule has 1 N–H and O–H groups in total. The van der Waals surface area contributed by atoms with Crippen molar-refractivity contribution in [2.24, 2.45) is 5.92 Å². The molecule has 1 aromatic heterocycles. The Labute approximate surface area is 111 Å². The molecule has 0 saturated heterocycles. The van der Waals surface area contributed by atoms with Crippen LogP contribution in [0.2, 0.25) is 0 Å². The van der Waals surface area contributed by atoms with Crippen LogP contribution in [0.4, 0.5) is 4.39 Å². The summed E-state index contributed by atoms with van der Waals surface area (Å²) in [5, 5.41) is 2.91. The Morgan fingerprint density at radius 1 is 1.37 bits per heavy atom. The van der Waals surface area contributed by atoms with Crippen LogP contribution in [-0.2, 0) is 11.3 Å². The molecular formula is C14H19FN2O2. The monoisotopic (exact) mass is 266 g/mol. The zero-order valence-electron chi connectivity index (χ0n) is 11.1. The Morgan fingerprint density at radius 2 is 2.05 bits per heavy atom. The normalized spacial score (nSPS) is 23.1. The number of hydrogen-bond donors (Lipinski definition) is 1. The highest BCUT2D eigenvalue weighted by Gasteiger charge is 2.19. The Morgan fingerprint density at radius 3 is 2.74 bits per heavy atom. The van der Waals surface area contributed by atoms with Crippen molar-refractivity contribution in [3.63, 3.8) is 0 Å². The molecule has 1 aliphatic carbocycles. The first-order valence-electron chi connectivity index (χ1n) is 6.70. The first-order valence-corrected chi connectivity index (χ1v) is 6.70. The number of aromatic nitrogens is 1. The van der Waals surface area contributed by atoms with E-state index in [9.17, 15) is 14.0 Å². The smallest absolute Gasteiger partial charge is 0.251 e. The number of amides is 1. The lowest BCUT2D eigenvalue weighted by Crippen LogP contribution is -2.40. The second-order valence-electron chi connectivity index (χ2n) is 5.34. The van der Waals surface area contributed by atoms with Gasteiger partial charge >= 0.3 is 0 Å². The Balaban J connectivity index is 1.90. The van der Waals surface area contributed by atoms with Gasteiger partial charge in [-0.2, -0.15) is 0 Å². The van der Waals surface area contributed by atoms with Gasteiger partial charge in [0, 0.05) is 18.3 Å². The van der Waals surface area contributed by atoms with Gasteiger partial charge in [-0.3, -0.25) is 9.59 Å². The van der Waals surface area contributed by atoms with Crippen molar-refractivity contribution in [1.29, 1.82) is 0 Å². The van der Waals surface area contributed by atoms with Crippen LogP contribution in [0.3, 0.4) is 0 Å². The average Bonchev–Trinajstić information content (AvgIpc) is 2.37. The number of rotatable bonds is 3. The summed E-state index contributed by atoms with van der Waals surface area (Å²) in [7, 11) is 0. The van der Waals surface area contributed by atoms with E-state index in [1.165, 1.54) is 0 Å². The SMILES string of the molecule is CC1CCC(NC(=O)Cn2cc(F)ccc2=O)CC1. The van der Waals surface area contributed by atoms with Crippen LogP contribution < -0.4 is 10.9 Å². The van der Waals surface area contributed by atoms with Gasteiger partial charge in [0.25, 0.3) is 5.56 Å². The summed E-state index contributed by atoms with van der Waals surface area (Å²) in [6, 6.07) is 2.41. The van der Waals surface area contributed by atoms with E-state index in [4.69, 9.17) is 0 Å². The predicted octanol–water partition coefficient (Wildman–Crippen LogP) is 1.68. The van der Waals surface area contributed by atoms with Gasteiger partial charge in [-0.15, -0.1) is 0 Å². The van der Waals surface area contributed by atoms with Crippen molar-refractivity contribution in [3.8, 4) is 0 Å². The third kappa shape index (κ3) is 3.91. The van der Waals surface area contributed by atoms with Crippen molar-refractivity contribution >= 4 is 5.91 Å². The maximum atomic E-state index is 13.0. The molecule has 1 aromatic rings. The van der Waals surface area contributed by atoms with Gasteiger partial charge in [0.1, 0.15) is 12.4 Å². The van der Waals surface area contributed by atoms with Crippen molar-refractivity contribution < 1.29 is 9.18 Å². The van der Waals surface area contributed by atoms with Crippen LogP contribution in [0.5, 0.6) is 0 Å². The van der Waals surface area contributed by atoms with Gasteiger partial charge < -0.3 is 9.88 Å². The van der Waals surface area contributed by atoms with Crippen molar-refractivity contribution in [3.05, 3.63) is 34.5 Å². The second-order valence-corrected chi connectivity index (χ2v) is 5.34. The molecule has 0 atom stereocenters. The van der Waals surface area contributed by atoms with Crippen molar-refractivity contribution in [1.82, 2.24) is 9.88 Å². The van der Waals surface area contributed by atoms with Crippen LogP contribution in [0.15, 0.2) is 23.1 Å². The number of nitrogens with zero attached hydrogens (tertiary/aromatic N) is 1. The topological polar surface area (TPSA) is 51.1 Å². The molecule has 104 valence electrons. The van der Waals surface area contributed by atoms with Gasteiger partial charge in [-0.05, 0) is 37.7 Å². The van der Waals surface area contributed by atoms with E-state index in [1.54, 1.807) is 0 Å². The molecule has 0 aromatic carbocycles. The van der Waals surface area contributed by atoms with E-state index < -0.39 is 5.82 Å². The fourth-order valence-corrected chi connectivity index (χ4v) is 2.46. The zero-order chi connectivity index (χ0) is 13.8. The van der Waals surface area contributed by atoms with Crippen LogP contribution in [-0.4, -0.2) is 16.5 Å². The Hall–Kier alpha value is -1.65. The molecule has 1 aliphatic rings. The number of carbonyl (C=O) groups is 1. The maximum Gasteiger partial charge on any atom is 0.251 e. The molecule has 5 heteroatoms. The molecular weight excluding hydrogens is 247 g/mol. The molecule has 1 fully saturated rings. The van der Waals surface area contributed by atoms with Crippen LogP contribution in [0, 0.1) is 11.7 Å². The third-order valence-corrected chi connectivity index (χ3v) is 3.64. The standard InChI is InChI=1S/C14H19FN2O2/c1-10-2-5-12(6-3-10)16-13(18)9-17-8-11(15)4-7-14(17)19/h4,7-8,10,12H,2-3,5-6,9H2,1H3,(H,16,18). The van der Waals surface area contributed by atoms with Crippen molar-refractivity contribution in [2.45, 2.75) is 45.2 Å². The summed E-state index contributed by atoms with van der Waals surface area (Å²) < 4.78 is 14.1. The minimum atomic E-state index is -0.515. The summed E-state index contributed by atoms with van der Waals surface area (Å²) in [6.45, 7) is 2.09. The summed E-state index contributed by atoms with van der Waals surface area (Å²) in [5.74, 6) is -0.0230. The lowest BCUT2D eigenvalue weighted by molar-refractivity contribution is -0.122. The number of halogens is 1. The predicted molar refractivity (Wildman–Crippen MR) is 70.2 cm³/mol. The zero-order valence-corrected chi connectivity index (χ0v) is 11.1. The molecule has 1 amide bonds. The van der Waals surface area contributed by atoms with Gasteiger partial charge in [-0.1, -0.05) is 6.92 Å². The van der Waals surface area contributed by atoms with Gasteiger partial charge in [-0.25, -0.2) is 4.39 Å². The molecule has 1 saturated carbocycles. The van der Waals surface area contributed by atoms with E-state index in [1.807, 2.05) is 0 Å². The number of nitrogens with one attached hydrogen (secondary N) is 1. The van der Waals surface area contributed by atoms with E-state index >= 15 is 0 Å². The molecule has 19 heavy (non-hydrogen) atoms. The van der Waals surface area contributed by atoms with E-state index in [2.05, 4.69) is 12.2 Å². The molecule has 4 nitrogen and oxygen atoms in total. The number of pyridine rings is 1. The molecule has 0 unspecified atom stereocenters. The van der Waals surface area contributed by atoms with Crippen LogP contribution in [0.25, 0.3) is 0 Å². The molecule has 0 aliphatic heterocycles. The minimum Gasteiger partial charge on any atom is -0.352 e. The fraction of sp³-hybridized carbons (Fsp3) is 0.571. The molecule has 1 heterocycles. The van der Waals surface area contributed by atoms with E-state index in [0.717, 1.165) is 54.5 Å². The lowest BCUT2D eigenvalue weighted by Gasteiger charge is -2.26. The molecule has 0 bridgehead atoms. The largest absolute Gasteiger partial charge is 0.352 e. The quantitative estimate of drug-likeness (QED) is 0.905. The van der Waals surface area contributed by atoms with Crippen molar-refractivity contribution in [2.75, 3.05) is 0 Å². The summed E-state index contributed by atoms with van der Waals surface area (Å²) in [5.41, 5.74) is -0.367. The van der Waals surface area contributed by atoms with Gasteiger partial charge in [0.15, 0.2) is 0 Å². The molecule has 2 rings (SSSR count). The average molecular weight is 266 g/mol. The maximum absolute atomic E-state index is 13.0. The summed E-state index contributed by atoms with van der Waals surface area (Å²) >= 11 is 0. The van der Waals surface area contributed by atoms with Crippen LogP contribution >= 0.6 is 0 Å².